The van der Waals surface area contributed by atoms with E-state index in [1.807, 2.05) is 6.08 Å². The smallest absolute Gasteiger partial charge is 0.249 e. The summed E-state index contributed by atoms with van der Waals surface area (Å²) in [5, 5.41) is 33.3. The van der Waals surface area contributed by atoms with Crippen molar-refractivity contribution in [2.45, 2.75) is 321 Å². The molecule has 0 radical (unpaired) electrons. The summed E-state index contributed by atoms with van der Waals surface area (Å²) >= 11 is 0. The third-order valence-electron chi connectivity index (χ3n) is 13.0. The van der Waals surface area contributed by atoms with Crippen molar-refractivity contribution in [3.8, 4) is 0 Å². The predicted octanol–water partition coefficient (Wildman–Crippen LogP) is 16.9. The minimum absolute atomic E-state index is 0.372. The van der Waals surface area contributed by atoms with Gasteiger partial charge in [-0.3, -0.25) is 4.79 Å². The van der Waals surface area contributed by atoms with Crippen molar-refractivity contribution in [2.24, 2.45) is 0 Å². The lowest BCUT2D eigenvalue weighted by Crippen LogP contribution is -2.48. The van der Waals surface area contributed by atoms with Gasteiger partial charge in [-0.25, -0.2) is 0 Å². The van der Waals surface area contributed by atoms with Crippen LogP contribution >= 0.6 is 0 Å². The Morgan fingerprint density at radius 1 is 0.393 bits per heavy atom. The number of rotatable bonds is 51. The third kappa shape index (κ3) is 46.6. The number of aliphatic hydroxyl groups is 3. The van der Waals surface area contributed by atoms with Gasteiger partial charge in [0.1, 0.15) is 6.10 Å². The molecule has 0 spiro atoms. The fourth-order valence-corrected chi connectivity index (χ4v) is 8.73. The summed E-state index contributed by atoms with van der Waals surface area (Å²) < 4.78 is 0. The molecule has 0 heterocycles. The van der Waals surface area contributed by atoms with Gasteiger partial charge < -0.3 is 20.6 Å². The van der Waals surface area contributed by atoms with E-state index in [9.17, 15) is 20.1 Å². The topological polar surface area (TPSA) is 89.8 Å². The Labute approximate surface area is 382 Å². The molecule has 3 atom stereocenters. The van der Waals surface area contributed by atoms with Gasteiger partial charge in [-0.1, -0.05) is 295 Å². The highest BCUT2D eigenvalue weighted by molar-refractivity contribution is 5.80. The van der Waals surface area contributed by atoms with Crippen LogP contribution in [0, 0.1) is 0 Å². The maximum atomic E-state index is 12.5. The van der Waals surface area contributed by atoms with Crippen molar-refractivity contribution in [3.63, 3.8) is 0 Å². The number of carbonyl (C=O) groups excluding carboxylic acids is 1. The first kappa shape index (κ1) is 59.8. The largest absolute Gasteiger partial charge is 0.394 e. The minimum atomic E-state index is -1.10. The van der Waals surface area contributed by atoms with E-state index in [1.165, 1.54) is 244 Å². The molecule has 362 valence electrons. The van der Waals surface area contributed by atoms with Crippen molar-refractivity contribution >= 4 is 5.91 Å². The fourth-order valence-electron chi connectivity index (χ4n) is 8.73. The zero-order valence-corrected chi connectivity index (χ0v) is 41.3. The molecule has 0 saturated heterocycles. The molecule has 0 rings (SSSR count). The quantitative estimate of drug-likeness (QED) is 0.0362. The van der Waals surface area contributed by atoms with Crippen molar-refractivity contribution in [3.05, 3.63) is 24.3 Å². The molecule has 0 aromatic carbocycles. The van der Waals surface area contributed by atoms with Gasteiger partial charge in [-0.2, -0.15) is 0 Å². The van der Waals surface area contributed by atoms with E-state index in [0.717, 1.165) is 38.5 Å². The Morgan fingerprint density at radius 2 is 0.672 bits per heavy atom. The maximum Gasteiger partial charge on any atom is 0.249 e. The molecule has 0 aliphatic rings. The molecule has 0 aliphatic heterocycles. The van der Waals surface area contributed by atoms with Crippen LogP contribution in [-0.2, 0) is 4.79 Å². The number of allylic oxidation sites excluding steroid dienone is 3. The van der Waals surface area contributed by atoms with Crippen LogP contribution < -0.4 is 5.32 Å². The van der Waals surface area contributed by atoms with Crippen LogP contribution in [0.1, 0.15) is 303 Å². The molecule has 0 saturated carbocycles. The number of hydrogen-bond acceptors (Lipinski definition) is 4. The standard InChI is InChI=1S/C56H109NO4/c1-3-5-7-9-11-13-15-17-19-21-23-25-27-29-31-33-35-37-39-41-43-45-47-49-51-55(60)56(61)57-53(52-58)54(59)50-48-46-44-42-40-38-36-34-32-30-28-26-24-22-20-18-16-14-12-10-8-6-4-2/h40,42,48,50,53-55,58-60H,3-39,41,43-47,49,51-52H2,1-2H3,(H,57,61)/b42-40+,50-48+. The van der Waals surface area contributed by atoms with E-state index in [2.05, 4.69) is 31.3 Å². The lowest BCUT2D eigenvalue weighted by Gasteiger charge is -2.21. The van der Waals surface area contributed by atoms with Crippen LogP contribution in [0.25, 0.3) is 0 Å². The molecule has 5 heteroatoms. The minimum Gasteiger partial charge on any atom is -0.394 e. The zero-order valence-electron chi connectivity index (χ0n) is 41.3. The summed E-state index contributed by atoms with van der Waals surface area (Å²) in [5.74, 6) is -0.507. The van der Waals surface area contributed by atoms with Gasteiger partial charge in [0.25, 0.3) is 0 Å². The second kappa shape index (κ2) is 51.5. The first-order chi connectivity index (χ1) is 30.1. The monoisotopic (exact) mass is 860 g/mol. The molecular weight excluding hydrogens is 751 g/mol. The number of amides is 1. The lowest BCUT2D eigenvalue weighted by atomic mass is 10.0. The van der Waals surface area contributed by atoms with Crippen LogP contribution in [0.2, 0.25) is 0 Å². The van der Waals surface area contributed by atoms with E-state index in [1.54, 1.807) is 6.08 Å². The van der Waals surface area contributed by atoms with E-state index < -0.39 is 24.2 Å². The normalized spacial score (nSPS) is 13.5. The summed E-state index contributed by atoms with van der Waals surface area (Å²) in [6, 6.07) is -0.812. The van der Waals surface area contributed by atoms with Gasteiger partial charge >= 0.3 is 0 Å². The van der Waals surface area contributed by atoms with Gasteiger partial charge in [0.15, 0.2) is 0 Å². The van der Waals surface area contributed by atoms with Gasteiger partial charge in [0, 0.05) is 0 Å². The van der Waals surface area contributed by atoms with Crippen molar-refractivity contribution < 1.29 is 20.1 Å². The Balaban J connectivity index is 3.59. The maximum absolute atomic E-state index is 12.5. The highest BCUT2D eigenvalue weighted by atomic mass is 16.3. The molecule has 4 N–H and O–H groups in total. The van der Waals surface area contributed by atoms with Gasteiger partial charge in [0.05, 0.1) is 18.8 Å². The van der Waals surface area contributed by atoms with Gasteiger partial charge in [-0.15, -0.1) is 0 Å². The van der Waals surface area contributed by atoms with E-state index in [0.29, 0.717) is 6.42 Å². The zero-order chi connectivity index (χ0) is 44.4. The highest BCUT2D eigenvalue weighted by Gasteiger charge is 2.22. The van der Waals surface area contributed by atoms with Crippen molar-refractivity contribution in [1.82, 2.24) is 5.32 Å². The second-order valence-electron chi connectivity index (χ2n) is 19.1. The Morgan fingerprint density at radius 3 is 1.00 bits per heavy atom. The molecular formula is C56H109NO4. The lowest BCUT2D eigenvalue weighted by molar-refractivity contribution is -0.131. The van der Waals surface area contributed by atoms with Gasteiger partial charge in [-0.05, 0) is 32.1 Å². The predicted molar refractivity (Wildman–Crippen MR) is 268 cm³/mol. The Hall–Kier alpha value is -1.17. The molecule has 61 heavy (non-hydrogen) atoms. The van der Waals surface area contributed by atoms with Crippen molar-refractivity contribution in [2.75, 3.05) is 6.61 Å². The second-order valence-corrected chi connectivity index (χ2v) is 19.1. The first-order valence-electron chi connectivity index (χ1n) is 27.7. The highest BCUT2D eigenvalue weighted by Crippen LogP contribution is 2.18. The fraction of sp³-hybridized carbons (Fsp3) is 0.911. The SMILES string of the molecule is CCCCCCCCCCCCCCCCCCC/C=C/CC/C=C/C(O)C(CO)NC(=O)C(O)CCCCCCCCCCCCCCCCCCCCCCCCCC. The van der Waals surface area contributed by atoms with Crippen LogP contribution in [0.3, 0.4) is 0 Å². The van der Waals surface area contributed by atoms with Crippen LogP contribution in [0.5, 0.6) is 0 Å². The van der Waals surface area contributed by atoms with Crippen LogP contribution in [0.4, 0.5) is 0 Å². The molecule has 0 aliphatic carbocycles. The van der Waals surface area contributed by atoms with Gasteiger partial charge in [0.2, 0.25) is 5.91 Å². The summed E-state index contributed by atoms with van der Waals surface area (Å²) in [5.41, 5.74) is 0. The van der Waals surface area contributed by atoms with E-state index >= 15 is 0 Å². The number of carbonyl (C=O) groups is 1. The summed E-state index contributed by atoms with van der Waals surface area (Å²) in [4.78, 5) is 12.5. The molecule has 1 amide bonds. The number of nitrogens with one attached hydrogen (secondary N) is 1. The van der Waals surface area contributed by atoms with Crippen molar-refractivity contribution in [1.29, 1.82) is 0 Å². The molecule has 0 aromatic rings. The molecule has 5 nitrogen and oxygen atoms in total. The molecule has 0 aromatic heterocycles. The molecule has 0 fully saturated rings. The van der Waals surface area contributed by atoms with E-state index in [-0.39, 0.29) is 6.61 Å². The average Bonchev–Trinajstić information content (AvgIpc) is 3.26. The Kier molecular flexibility index (Phi) is 50.5. The average molecular weight is 860 g/mol. The molecule has 0 bridgehead atoms. The first-order valence-corrected chi connectivity index (χ1v) is 27.7. The van der Waals surface area contributed by atoms with Crippen LogP contribution in [-0.4, -0.2) is 46.1 Å². The summed E-state index contributed by atoms with van der Waals surface area (Å²) in [7, 11) is 0. The van der Waals surface area contributed by atoms with Crippen LogP contribution in [0.15, 0.2) is 24.3 Å². The molecule has 3 unspecified atom stereocenters. The summed E-state index contributed by atoms with van der Waals surface area (Å²) in [6.45, 7) is 4.21. The Bertz CT molecular complexity index is 905. The number of hydrogen-bond donors (Lipinski definition) is 4. The third-order valence-corrected chi connectivity index (χ3v) is 13.0. The van der Waals surface area contributed by atoms with E-state index in [4.69, 9.17) is 0 Å². The summed E-state index contributed by atoms with van der Waals surface area (Å²) in [6.07, 6.45) is 65.4. The number of unbranched alkanes of at least 4 members (excludes halogenated alkanes) is 41. The number of aliphatic hydroxyl groups excluding tert-OH is 3.